The van der Waals surface area contributed by atoms with Gasteiger partial charge in [0, 0.05) is 69.4 Å². The maximum absolute atomic E-state index is 5.09. The Hall–Kier alpha value is -3.47. The van der Waals surface area contributed by atoms with E-state index in [0.717, 1.165) is 61.1 Å². The fourth-order valence-electron chi connectivity index (χ4n) is 7.06. The van der Waals surface area contributed by atoms with Crippen LogP contribution >= 0.6 is 12.1 Å². The second kappa shape index (κ2) is 10.7. The zero-order valence-electron chi connectivity index (χ0n) is 24.5. The first-order chi connectivity index (χ1) is 20.6. The minimum atomic E-state index is 0.626. The van der Waals surface area contributed by atoms with Crippen molar-refractivity contribution in [3.8, 4) is 0 Å². The van der Waals surface area contributed by atoms with Gasteiger partial charge >= 0.3 is 0 Å². The van der Waals surface area contributed by atoms with E-state index in [4.69, 9.17) is 9.97 Å². The lowest BCUT2D eigenvalue weighted by atomic mass is 10.0. The summed E-state index contributed by atoms with van der Waals surface area (Å²) >= 11 is 1.73. The van der Waals surface area contributed by atoms with Crippen molar-refractivity contribution < 1.29 is 0 Å². The summed E-state index contributed by atoms with van der Waals surface area (Å²) in [6.45, 7) is 10.3. The molecule has 0 saturated carbocycles. The number of hydrogen-bond donors (Lipinski definition) is 2. The number of rotatable bonds is 6. The van der Waals surface area contributed by atoms with Crippen molar-refractivity contribution >= 4 is 57.7 Å². The van der Waals surface area contributed by atoms with Crippen LogP contribution in [0, 0.1) is 0 Å². The number of fused-ring (bicyclic) bond motifs is 1. The number of aromatic amines is 1. The minimum Gasteiger partial charge on any atom is -0.371 e. The summed E-state index contributed by atoms with van der Waals surface area (Å²) < 4.78 is 4.63. The Morgan fingerprint density at radius 2 is 1.83 bits per heavy atom. The average Bonchev–Trinajstić information content (AvgIpc) is 3.77. The number of benzene rings is 2. The first-order valence-corrected chi connectivity index (χ1v) is 16.2. The molecule has 218 valence electrons. The van der Waals surface area contributed by atoms with Crippen LogP contribution in [0.15, 0.2) is 48.7 Å². The second-order valence-electron chi connectivity index (χ2n) is 12.0. The van der Waals surface area contributed by atoms with Crippen LogP contribution in [-0.2, 0) is 12.8 Å². The highest BCUT2D eigenvalue weighted by atomic mass is 32.2. The standard InChI is InChI=1S/C32H39N9S/c1-3-22-21-25(38-14-11-24(12-15-38)39-19-17-37(2)18-20-39)7-8-26(22)34-32-35-27-9-13-33-29(27)31(36-32)41-28-6-4-5-23-10-16-40(42-41)30(23)28/h4-9,13,21,24,33H,3,10-12,14-20H2,1-2H3,(H,34,35,36). The van der Waals surface area contributed by atoms with Crippen molar-refractivity contribution in [1.29, 1.82) is 0 Å². The topological polar surface area (TPSA) is 69.8 Å². The van der Waals surface area contributed by atoms with Crippen molar-refractivity contribution in [3.05, 3.63) is 59.8 Å². The van der Waals surface area contributed by atoms with Crippen LogP contribution in [0.1, 0.15) is 30.9 Å². The molecule has 10 heteroatoms. The molecule has 2 aromatic carbocycles. The number of nitrogens with one attached hydrogen (secondary N) is 2. The SMILES string of the molecule is CCc1cc(N2CCC(N3CCN(C)CC3)CC2)ccc1Nc1nc(N2SN3CCc4cccc2c43)c2[nH]ccc2n1. The molecular weight excluding hydrogens is 542 g/mol. The molecule has 0 spiro atoms. The van der Waals surface area contributed by atoms with Crippen LogP contribution in [-0.4, -0.2) is 83.7 Å². The van der Waals surface area contributed by atoms with Crippen molar-refractivity contribution in [1.82, 2.24) is 24.8 Å². The maximum atomic E-state index is 5.09. The summed E-state index contributed by atoms with van der Waals surface area (Å²) in [6.07, 6.45) is 6.49. The molecule has 0 amide bonds. The van der Waals surface area contributed by atoms with Gasteiger partial charge in [-0.25, -0.2) is 9.29 Å². The number of piperazine rings is 1. The lowest BCUT2D eigenvalue weighted by Crippen LogP contribution is -2.52. The number of aromatic nitrogens is 3. The van der Waals surface area contributed by atoms with Gasteiger partial charge in [0.2, 0.25) is 5.95 Å². The third kappa shape index (κ3) is 4.56. The van der Waals surface area contributed by atoms with E-state index in [1.54, 1.807) is 12.1 Å². The Morgan fingerprint density at radius 1 is 0.976 bits per heavy atom. The van der Waals surface area contributed by atoms with Gasteiger partial charge in [0.1, 0.15) is 5.52 Å². The van der Waals surface area contributed by atoms with Gasteiger partial charge in [-0.3, -0.25) is 9.21 Å². The predicted molar refractivity (Wildman–Crippen MR) is 175 cm³/mol. The first-order valence-electron chi connectivity index (χ1n) is 15.4. The quantitative estimate of drug-likeness (QED) is 0.285. The van der Waals surface area contributed by atoms with Gasteiger partial charge in [0.05, 0.1) is 29.0 Å². The third-order valence-electron chi connectivity index (χ3n) is 9.51. The number of piperidine rings is 1. The summed E-state index contributed by atoms with van der Waals surface area (Å²) in [7, 11) is 2.24. The molecule has 0 radical (unpaired) electrons. The second-order valence-corrected chi connectivity index (χ2v) is 13.0. The van der Waals surface area contributed by atoms with Crippen molar-refractivity contribution in [3.63, 3.8) is 0 Å². The maximum Gasteiger partial charge on any atom is 0.229 e. The number of aryl methyl sites for hydroxylation is 1. The van der Waals surface area contributed by atoms with Gasteiger partial charge in [-0.05, 0) is 74.2 Å². The largest absolute Gasteiger partial charge is 0.371 e. The molecule has 0 aliphatic carbocycles. The highest BCUT2D eigenvalue weighted by Crippen LogP contribution is 2.53. The predicted octanol–water partition coefficient (Wildman–Crippen LogP) is 5.56. The van der Waals surface area contributed by atoms with Crippen molar-refractivity contribution in [2.45, 2.75) is 38.6 Å². The Bertz CT molecular complexity index is 1600. The highest BCUT2D eigenvalue weighted by molar-refractivity contribution is 8.02. The Labute approximate surface area is 252 Å². The molecule has 0 atom stereocenters. The molecule has 2 N–H and O–H groups in total. The van der Waals surface area contributed by atoms with Gasteiger partial charge in [-0.15, -0.1) is 0 Å². The van der Waals surface area contributed by atoms with Gasteiger partial charge in [0.15, 0.2) is 5.82 Å². The summed E-state index contributed by atoms with van der Waals surface area (Å²) in [5.74, 6) is 1.51. The summed E-state index contributed by atoms with van der Waals surface area (Å²) in [6, 6.07) is 16.2. The average molecular weight is 582 g/mol. The van der Waals surface area contributed by atoms with E-state index in [1.165, 1.54) is 67.2 Å². The molecule has 4 aromatic rings. The lowest BCUT2D eigenvalue weighted by Gasteiger charge is -2.42. The molecule has 4 aliphatic rings. The normalized spacial score (nSPS) is 19.7. The van der Waals surface area contributed by atoms with Gasteiger partial charge in [-0.1, -0.05) is 19.1 Å². The van der Waals surface area contributed by atoms with E-state index in [0.29, 0.717) is 5.95 Å². The van der Waals surface area contributed by atoms with E-state index in [-0.39, 0.29) is 0 Å². The lowest BCUT2D eigenvalue weighted by molar-refractivity contribution is 0.0982. The molecule has 2 saturated heterocycles. The summed E-state index contributed by atoms with van der Waals surface area (Å²) in [5, 5.41) is 3.60. The van der Waals surface area contributed by atoms with E-state index >= 15 is 0 Å². The molecule has 9 nitrogen and oxygen atoms in total. The Balaban J connectivity index is 1.02. The number of anilines is 6. The van der Waals surface area contributed by atoms with E-state index in [1.807, 2.05) is 12.3 Å². The summed E-state index contributed by atoms with van der Waals surface area (Å²) in [4.78, 5) is 21.1. The van der Waals surface area contributed by atoms with E-state index in [9.17, 15) is 0 Å². The van der Waals surface area contributed by atoms with E-state index < -0.39 is 0 Å². The number of hydrogen-bond acceptors (Lipinski definition) is 9. The van der Waals surface area contributed by atoms with Crippen LogP contribution in [0.25, 0.3) is 11.0 Å². The highest BCUT2D eigenvalue weighted by Gasteiger charge is 2.36. The van der Waals surface area contributed by atoms with E-state index in [2.05, 4.69) is 84.0 Å². The molecular formula is C32H39N9S. The Kier molecular flexibility index (Phi) is 6.65. The molecule has 2 aromatic heterocycles. The van der Waals surface area contributed by atoms with Crippen LogP contribution in [0.4, 0.5) is 34.5 Å². The molecule has 8 rings (SSSR count). The van der Waals surface area contributed by atoms with Gasteiger partial charge in [0.25, 0.3) is 0 Å². The first kappa shape index (κ1) is 26.2. The van der Waals surface area contributed by atoms with Crippen molar-refractivity contribution in [2.75, 3.05) is 71.7 Å². The van der Waals surface area contributed by atoms with Gasteiger partial charge < -0.3 is 20.1 Å². The molecule has 0 unspecified atom stereocenters. The number of nitrogens with zero attached hydrogens (tertiary/aromatic N) is 7. The molecule has 2 fully saturated rings. The molecule has 6 heterocycles. The number of para-hydroxylation sites is 1. The van der Waals surface area contributed by atoms with Crippen LogP contribution < -0.4 is 18.8 Å². The van der Waals surface area contributed by atoms with Crippen LogP contribution in [0.2, 0.25) is 0 Å². The molecule has 4 aliphatic heterocycles. The molecule has 42 heavy (non-hydrogen) atoms. The number of H-pyrrole nitrogens is 1. The fourth-order valence-corrected chi connectivity index (χ4v) is 8.17. The van der Waals surface area contributed by atoms with Crippen molar-refractivity contribution in [2.24, 2.45) is 0 Å². The fraction of sp³-hybridized carbons (Fsp3) is 0.438. The molecule has 0 bridgehead atoms. The smallest absolute Gasteiger partial charge is 0.229 e. The van der Waals surface area contributed by atoms with Crippen LogP contribution in [0.5, 0.6) is 0 Å². The monoisotopic (exact) mass is 581 g/mol. The Morgan fingerprint density at radius 3 is 2.67 bits per heavy atom. The zero-order chi connectivity index (χ0) is 28.2. The van der Waals surface area contributed by atoms with Crippen LogP contribution in [0.3, 0.4) is 0 Å². The minimum absolute atomic E-state index is 0.626. The third-order valence-corrected chi connectivity index (χ3v) is 10.6. The number of likely N-dealkylation sites (N-methyl/N-ethyl adjacent to an activating group) is 1. The van der Waals surface area contributed by atoms with Gasteiger partial charge in [-0.2, -0.15) is 4.98 Å². The summed E-state index contributed by atoms with van der Waals surface area (Å²) in [5.41, 5.74) is 9.50. The zero-order valence-corrected chi connectivity index (χ0v) is 25.3.